The Morgan fingerprint density at radius 1 is 1.14 bits per heavy atom. The van der Waals surface area contributed by atoms with E-state index in [4.69, 9.17) is 4.74 Å². The molecule has 1 aromatic heterocycles. The van der Waals surface area contributed by atoms with Crippen LogP contribution in [-0.4, -0.2) is 75.6 Å². The average molecular weight is 718 g/mol. The van der Waals surface area contributed by atoms with E-state index in [2.05, 4.69) is 21.7 Å². The van der Waals surface area contributed by atoms with Crippen LogP contribution in [0.5, 0.6) is 0 Å². The van der Waals surface area contributed by atoms with Gasteiger partial charge in [-0.2, -0.15) is 13.2 Å². The molecule has 0 bridgehead atoms. The third-order valence-electron chi connectivity index (χ3n) is 8.99. The Hall–Kier alpha value is -3.88. The van der Waals surface area contributed by atoms with Gasteiger partial charge in [0.1, 0.15) is 24.0 Å². The number of aliphatic hydroxyl groups is 1. The first kappa shape index (κ1) is 37.4. The number of fused-ring (bicyclic) bond motifs is 1. The number of anilines is 2. The maximum Gasteiger partial charge on any atom is 0.416 e. The first-order valence-electron chi connectivity index (χ1n) is 16.9. The van der Waals surface area contributed by atoms with Crippen LogP contribution in [0.1, 0.15) is 61.0 Å². The van der Waals surface area contributed by atoms with Crippen LogP contribution < -0.4 is 19.8 Å². The fourth-order valence-corrected chi connectivity index (χ4v) is 6.61. The van der Waals surface area contributed by atoms with Gasteiger partial charge in [0.25, 0.3) is 5.91 Å². The largest absolute Gasteiger partial charge is 0.491 e. The van der Waals surface area contributed by atoms with E-state index in [0.717, 1.165) is 41.4 Å². The van der Waals surface area contributed by atoms with Gasteiger partial charge in [-0.1, -0.05) is 30.4 Å². The second kappa shape index (κ2) is 15.6. The number of alkyl halides is 3. The number of carbonyl (C=O) groups is 1. The molecule has 1 fully saturated rings. The number of halogens is 3. The molecule has 50 heavy (non-hydrogen) atoms. The number of benzene rings is 1. The second-order valence-corrected chi connectivity index (χ2v) is 16.1. The Kier molecular flexibility index (Phi) is 11.6. The van der Waals surface area contributed by atoms with Gasteiger partial charge in [0.15, 0.2) is 0 Å². The summed E-state index contributed by atoms with van der Waals surface area (Å²) >= 11 is 0. The van der Waals surface area contributed by atoms with Gasteiger partial charge < -0.3 is 25.4 Å². The molecule has 3 aliphatic rings. The summed E-state index contributed by atoms with van der Waals surface area (Å²) in [5.74, 6) is 1.60. The van der Waals surface area contributed by atoms with Crippen LogP contribution in [0, 0.1) is 11.8 Å². The molecule has 3 N–H and O–H groups in total. The van der Waals surface area contributed by atoms with Crippen molar-refractivity contribution in [2.75, 3.05) is 43.0 Å². The summed E-state index contributed by atoms with van der Waals surface area (Å²) in [5.41, 5.74) is 1.12. The number of rotatable bonds is 18. The summed E-state index contributed by atoms with van der Waals surface area (Å²) in [5, 5.41) is 16.3. The minimum atomic E-state index is -4.43. The molecule has 2 aromatic rings. The Balaban J connectivity index is 1.27. The van der Waals surface area contributed by atoms with E-state index in [1.54, 1.807) is 26.0 Å². The number of pyridine rings is 1. The van der Waals surface area contributed by atoms with Crippen LogP contribution in [0.4, 0.5) is 24.8 Å². The highest BCUT2D eigenvalue weighted by molar-refractivity contribution is 7.93. The zero-order valence-electron chi connectivity index (χ0n) is 28.8. The molecule has 0 spiro atoms. The Bertz CT molecular complexity index is 1740. The number of hydrogen-bond acceptors (Lipinski definition) is 8. The van der Waals surface area contributed by atoms with Crippen molar-refractivity contribution in [2.24, 2.45) is 11.8 Å². The number of aliphatic hydroxyl groups excluding tert-OH is 1. The minimum absolute atomic E-state index is 0.0581. The molecule has 0 radical (unpaired) electrons. The van der Waals surface area contributed by atoms with Crippen LogP contribution in [0.2, 0.25) is 0 Å². The lowest BCUT2D eigenvalue weighted by Crippen LogP contribution is -2.41. The fraction of sp³-hybridized carbons (Fsp3) is 0.500. The van der Waals surface area contributed by atoms with Gasteiger partial charge in [0.2, 0.25) is 10.0 Å². The smallest absolute Gasteiger partial charge is 0.416 e. The van der Waals surface area contributed by atoms with E-state index >= 15 is 0 Å². The Morgan fingerprint density at radius 2 is 1.88 bits per heavy atom. The lowest BCUT2D eigenvalue weighted by molar-refractivity contribution is -0.137. The van der Waals surface area contributed by atoms with Crippen molar-refractivity contribution >= 4 is 27.6 Å². The van der Waals surface area contributed by atoms with Gasteiger partial charge in [-0.15, -0.1) is 0 Å². The maximum atomic E-state index is 13.8. The van der Waals surface area contributed by atoms with Gasteiger partial charge >= 0.3 is 6.18 Å². The normalized spacial score (nSPS) is 18.1. The third-order valence-corrected chi connectivity index (χ3v) is 11.1. The van der Waals surface area contributed by atoms with E-state index in [1.807, 2.05) is 30.2 Å². The van der Waals surface area contributed by atoms with Crippen molar-refractivity contribution < 1.29 is 36.2 Å². The molecule has 3 aliphatic carbocycles. The Labute approximate surface area is 292 Å². The summed E-state index contributed by atoms with van der Waals surface area (Å²) in [4.78, 5) is 20.4. The third kappa shape index (κ3) is 10.1. The molecule has 14 heteroatoms. The lowest BCUT2D eigenvalue weighted by Gasteiger charge is -2.26. The highest BCUT2D eigenvalue weighted by atomic mass is 32.2. The number of ether oxygens (including phenoxy) is 1. The molecule has 272 valence electrons. The van der Waals surface area contributed by atoms with E-state index < -0.39 is 45.1 Å². The number of nitrogens with one attached hydrogen (secondary N) is 2. The molecule has 1 amide bonds. The molecule has 3 unspecified atom stereocenters. The van der Waals surface area contributed by atoms with Crippen molar-refractivity contribution in [2.45, 2.75) is 69.6 Å². The number of hydrogen-bond donors (Lipinski definition) is 3. The number of amides is 1. The SMILES string of the molecule is CC(C)S(=O)(=O)N(C)c1cc(C(=O)NC(COC2=CC3=CC3C=C2)CC(O)CCNCc2cccc(C(F)(F)F)c2)cc(N(C)CC2CC2)n1. The summed E-state index contributed by atoms with van der Waals surface area (Å²) in [6, 6.07) is 7.52. The minimum Gasteiger partial charge on any atom is -0.491 e. The van der Waals surface area contributed by atoms with Crippen LogP contribution in [0.25, 0.3) is 0 Å². The van der Waals surface area contributed by atoms with Crippen molar-refractivity contribution in [3.8, 4) is 0 Å². The highest BCUT2D eigenvalue weighted by Crippen LogP contribution is 2.36. The zero-order chi connectivity index (χ0) is 36.2. The molecule has 3 atom stereocenters. The van der Waals surface area contributed by atoms with Gasteiger partial charge in [-0.3, -0.25) is 9.10 Å². The van der Waals surface area contributed by atoms with Gasteiger partial charge in [0, 0.05) is 38.7 Å². The molecule has 1 heterocycles. The number of nitrogens with zero attached hydrogens (tertiary/aromatic N) is 3. The van der Waals surface area contributed by atoms with E-state index in [1.165, 1.54) is 19.2 Å². The average Bonchev–Trinajstić information content (AvgIpc) is 4.01. The highest BCUT2D eigenvalue weighted by Gasteiger charge is 2.31. The first-order chi connectivity index (χ1) is 23.6. The van der Waals surface area contributed by atoms with Gasteiger partial charge in [-0.25, -0.2) is 13.4 Å². The van der Waals surface area contributed by atoms with Crippen LogP contribution in [-0.2, 0) is 27.5 Å². The van der Waals surface area contributed by atoms with Crippen molar-refractivity contribution in [1.82, 2.24) is 15.6 Å². The molecule has 1 aromatic carbocycles. The summed E-state index contributed by atoms with van der Waals surface area (Å²) in [6.07, 6.45) is 5.22. The second-order valence-electron chi connectivity index (χ2n) is 13.6. The monoisotopic (exact) mass is 717 g/mol. The first-order valence-corrected chi connectivity index (χ1v) is 18.4. The van der Waals surface area contributed by atoms with Crippen LogP contribution >= 0.6 is 0 Å². The van der Waals surface area contributed by atoms with Crippen LogP contribution in [0.3, 0.4) is 0 Å². The van der Waals surface area contributed by atoms with Gasteiger partial charge in [-0.05, 0) is 93.5 Å². The zero-order valence-corrected chi connectivity index (χ0v) is 29.6. The molecule has 10 nitrogen and oxygen atoms in total. The van der Waals surface area contributed by atoms with Crippen molar-refractivity contribution in [3.63, 3.8) is 0 Å². The number of allylic oxidation sites excluding steroid dienone is 5. The maximum absolute atomic E-state index is 13.8. The molecule has 0 aliphatic heterocycles. The predicted octanol–water partition coefficient (Wildman–Crippen LogP) is 5.18. The molecular weight excluding hydrogens is 671 g/mol. The van der Waals surface area contributed by atoms with E-state index in [-0.39, 0.29) is 37.4 Å². The fourth-order valence-electron chi connectivity index (χ4n) is 5.63. The number of sulfonamides is 1. The summed E-state index contributed by atoms with van der Waals surface area (Å²) < 4.78 is 72.5. The predicted molar refractivity (Wildman–Crippen MR) is 187 cm³/mol. The molecule has 1 saturated carbocycles. The molecule has 0 saturated heterocycles. The topological polar surface area (TPSA) is 124 Å². The van der Waals surface area contributed by atoms with E-state index in [0.29, 0.717) is 35.5 Å². The quantitative estimate of drug-likeness (QED) is 0.181. The van der Waals surface area contributed by atoms with Crippen molar-refractivity contribution in [1.29, 1.82) is 0 Å². The number of carbonyl (C=O) groups excluding carboxylic acids is 1. The van der Waals surface area contributed by atoms with Gasteiger partial charge in [0.05, 0.1) is 23.0 Å². The van der Waals surface area contributed by atoms with Crippen LogP contribution in [0.15, 0.2) is 72.0 Å². The van der Waals surface area contributed by atoms with Crippen molar-refractivity contribution in [3.05, 3.63) is 88.7 Å². The lowest BCUT2D eigenvalue weighted by atomic mass is 10.1. The molecular formula is C36H46F3N5O5S. The Morgan fingerprint density at radius 3 is 2.56 bits per heavy atom. The number of aromatic nitrogens is 1. The molecule has 5 rings (SSSR count). The van der Waals surface area contributed by atoms with E-state index in [9.17, 15) is 31.5 Å². The standard InChI is InChI=1S/C36H46F3N5O5S/c1-23(2)50(47,48)44(4)34-18-28(17-33(42-34)43(3)21-24-8-9-24)35(46)41-30(22-49-32-11-10-26-15-27(26)16-32)19-31(45)12-13-40-20-25-6-5-7-29(14-25)36(37,38)39/h5-7,10-11,14-18,23-24,26,30-31,40,45H,8-9,12-13,19-22H2,1-4H3,(H,41,46). The summed E-state index contributed by atoms with van der Waals surface area (Å²) in [7, 11) is -0.447. The summed E-state index contributed by atoms with van der Waals surface area (Å²) in [6.45, 7) is 4.46.